The van der Waals surface area contributed by atoms with Crippen molar-refractivity contribution in [2.75, 3.05) is 0 Å². The van der Waals surface area contributed by atoms with Crippen molar-refractivity contribution in [3.8, 4) is 16.9 Å². The van der Waals surface area contributed by atoms with Gasteiger partial charge in [-0.3, -0.25) is 4.79 Å². The molecule has 0 heterocycles. The van der Waals surface area contributed by atoms with E-state index < -0.39 is 11.9 Å². The Labute approximate surface area is 126 Å². The molecule has 1 unspecified atom stereocenters. The molecule has 5 heteroatoms. The van der Waals surface area contributed by atoms with E-state index in [0.717, 1.165) is 0 Å². The number of aliphatic carboxylic acids is 1. The number of carbonyl (C=O) groups is 1. The molecule has 20 heavy (non-hydrogen) atoms. The molecule has 2 rings (SSSR count). The summed E-state index contributed by atoms with van der Waals surface area (Å²) in [6.07, 6.45) is 0. The van der Waals surface area contributed by atoms with Gasteiger partial charge in [0.2, 0.25) is 0 Å². The number of aromatic hydroxyl groups is 1. The molecule has 0 bridgehead atoms. The molecule has 1 atom stereocenters. The highest BCUT2D eigenvalue weighted by Gasteiger charge is 2.16. The maximum Gasteiger partial charge on any atom is 0.310 e. The van der Waals surface area contributed by atoms with Crippen molar-refractivity contribution in [3.05, 3.63) is 52.0 Å². The third-order valence-corrected chi connectivity index (χ3v) is 3.66. The summed E-state index contributed by atoms with van der Waals surface area (Å²) in [6.45, 7) is 1.59. The number of hydrogen-bond donors (Lipinski definition) is 2. The highest BCUT2D eigenvalue weighted by molar-refractivity contribution is 6.33. The zero-order valence-electron chi connectivity index (χ0n) is 10.6. The lowest BCUT2D eigenvalue weighted by molar-refractivity contribution is -0.138. The molecule has 104 valence electrons. The first-order chi connectivity index (χ1) is 9.40. The topological polar surface area (TPSA) is 57.5 Å². The van der Waals surface area contributed by atoms with Crippen molar-refractivity contribution in [2.24, 2.45) is 0 Å². The number of benzene rings is 2. The molecule has 0 saturated carbocycles. The largest absolute Gasteiger partial charge is 0.507 e. The van der Waals surface area contributed by atoms with E-state index in [-0.39, 0.29) is 5.75 Å². The van der Waals surface area contributed by atoms with Crippen LogP contribution in [0.4, 0.5) is 0 Å². The summed E-state index contributed by atoms with van der Waals surface area (Å²) in [5.41, 5.74) is 1.79. The van der Waals surface area contributed by atoms with Crippen LogP contribution >= 0.6 is 23.2 Å². The summed E-state index contributed by atoms with van der Waals surface area (Å²) >= 11 is 12.0. The number of phenolic OH excluding ortho intramolecular Hbond substituents is 1. The molecule has 0 saturated heterocycles. The quantitative estimate of drug-likeness (QED) is 0.874. The first-order valence-electron chi connectivity index (χ1n) is 5.91. The second-order valence-corrected chi connectivity index (χ2v) is 5.30. The summed E-state index contributed by atoms with van der Waals surface area (Å²) in [4.78, 5) is 11.0. The number of carboxylic acids is 1. The summed E-state index contributed by atoms with van der Waals surface area (Å²) < 4.78 is 0. The Morgan fingerprint density at radius 3 is 2.30 bits per heavy atom. The van der Waals surface area contributed by atoms with Gasteiger partial charge in [0.05, 0.1) is 5.92 Å². The van der Waals surface area contributed by atoms with Gasteiger partial charge in [-0.05, 0) is 36.8 Å². The van der Waals surface area contributed by atoms with Gasteiger partial charge in [-0.1, -0.05) is 35.3 Å². The van der Waals surface area contributed by atoms with E-state index in [1.54, 1.807) is 37.3 Å². The first kappa shape index (κ1) is 14.7. The molecular weight excluding hydrogens is 299 g/mol. The third-order valence-electron chi connectivity index (χ3n) is 3.11. The van der Waals surface area contributed by atoms with Gasteiger partial charge in [-0.2, -0.15) is 0 Å². The Morgan fingerprint density at radius 2 is 1.75 bits per heavy atom. The molecule has 2 aromatic rings. The Kier molecular flexibility index (Phi) is 4.21. The van der Waals surface area contributed by atoms with Crippen LogP contribution in [0.25, 0.3) is 11.1 Å². The Hall–Kier alpha value is -1.71. The van der Waals surface area contributed by atoms with Crippen molar-refractivity contribution in [3.63, 3.8) is 0 Å². The molecule has 0 spiro atoms. The van der Waals surface area contributed by atoms with Crippen LogP contribution in [-0.2, 0) is 4.79 Å². The molecule has 0 aliphatic heterocycles. The van der Waals surface area contributed by atoms with Gasteiger partial charge in [0, 0.05) is 21.2 Å². The summed E-state index contributed by atoms with van der Waals surface area (Å²) in [6, 6.07) is 9.73. The van der Waals surface area contributed by atoms with Crippen molar-refractivity contribution in [1.82, 2.24) is 0 Å². The van der Waals surface area contributed by atoms with E-state index in [1.807, 2.05) is 0 Å². The average molecular weight is 311 g/mol. The number of phenols is 1. The minimum absolute atomic E-state index is 0.0263. The normalized spacial score (nSPS) is 12.2. The van der Waals surface area contributed by atoms with Crippen LogP contribution in [0.5, 0.6) is 5.75 Å². The minimum Gasteiger partial charge on any atom is -0.507 e. The highest BCUT2D eigenvalue weighted by atomic mass is 35.5. The molecule has 0 aliphatic carbocycles. The minimum atomic E-state index is -0.914. The average Bonchev–Trinajstić information content (AvgIpc) is 2.38. The molecule has 0 aliphatic rings. The van der Waals surface area contributed by atoms with Gasteiger partial charge < -0.3 is 10.2 Å². The SMILES string of the molecule is CC(C(=O)O)c1ccc(-c2ccc(Cl)cc2O)c(Cl)c1. The molecule has 0 radical (unpaired) electrons. The zero-order valence-corrected chi connectivity index (χ0v) is 12.1. The molecule has 0 fully saturated rings. The Morgan fingerprint density at radius 1 is 1.10 bits per heavy atom. The van der Waals surface area contributed by atoms with Crippen molar-refractivity contribution < 1.29 is 15.0 Å². The van der Waals surface area contributed by atoms with E-state index in [9.17, 15) is 9.90 Å². The zero-order chi connectivity index (χ0) is 14.9. The van der Waals surface area contributed by atoms with Crippen molar-refractivity contribution in [1.29, 1.82) is 0 Å². The number of halogens is 2. The number of carboxylic acid groups (broad SMARTS) is 1. The van der Waals surface area contributed by atoms with Crippen molar-refractivity contribution >= 4 is 29.2 Å². The van der Waals surface area contributed by atoms with Crippen LogP contribution in [0.3, 0.4) is 0 Å². The molecular formula is C15H12Cl2O3. The maximum atomic E-state index is 11.0. The van der Waals surface area contributed by atoms with Crippen LogP contribution in [0.1, 0.15) is 18.4 Å². The second-order valence-electron chi connectivity index (χ2n) is 4.46. The predicted molar refractivity (Wildman–Crippen MR) is 79.6 cm³/mol. The maximum absolute atomic E-state index is 11.0. The predicted octanol–water partition coefficient (Wildman–Crippen LogP) is 4.55. The van der Waals surface area contributed by atoms with Gasteiger partial charge in [0.25, 0.3) is 0 Å². The molecule has 2 N–H and O–H groups in total. The summed E-state index contributed by atoms with van der Waals surface area (Å²) in [5, 5.41) is 19.7. The van der Waals surface area contributed by atoms with Gasteiger partial charge in [-0.25, -0.2) is 0 Å². The summed E-state index contributed by atoms with van der Waals surface area (Å²) in [5.74, 6) is -1.53. The number of hydrogen-bond acceptors (Lipinski definition) is 2. The van der Waals surface area contributed by atoms with Crippen LogP contribution < -0.4 is 0 Å². The van der Waals surface area contributed by atoms with Crippen LogP contribution in [0.15, 0.2) is 36.4 Å². The van der Waals surface area contributed by atoms with Crippen LogP contribution in [-0.4, -0.2) is 16.2 Å². The molecule has 3 nitrogen and oxygen atoms in total. The highest BCUT2D eigenvalue weighted by Crippen LogP contribution is 2.37. The van der Waals surface area contributed by atoms with E-state index in [0.29, 0.717) is 26.7 Å². The third kappa shape index (κ3) is 2.89. The van der Waals surface area contributed by atoms with Crippen molar-refractivity contribution in [2.45, 2.75) is 12.8 Å². The summed E-state index contributed by atoms with van der Waals surface area (Å²) in [7, 11) is 0. The van der Waals surface area contributed by atoms with Gasteiger partial charge >= 0.3 is 5.97 Å². The second kappa shape index (κ2) is 5.73. The monoisotopic (exact) mass is 310 g/mol. The van der Waals surface area contributed by atoms with Gasteiger partial charge in [0.15, 0.2) is 0 Å². The van der Waals surface area contributed by atoms with Crippen LogP contribution in [0.2, 0.25) is 10.0 Å². The fraction of sp³-hybridized carbons (Fsp3) is 0.133. The lowest BCUT2D eigenvalue weighted by Crippen LogP contribution is -2.07. The van der Waals surface area contributed by atoms with E-state index in [1.165, 1.54) is 6.07 Å². The fourth-order valence-electron chi connectivity index (χ4n) is 1.89. The molecule has 0 amide bonds. The fourth-order valence-corrected chi connectivity index (χ4v) is 2.35. The Bertz CT molecular complexity index is 668. The molecule has 2 aromatic carbocycles. The van der Waals surface area contributed by atoms with E-state index in [4.69, 9.17) is 28.3 Å². The van der Waals surface area contributed by atoms with Crippen LogP contribution in [0, 0.1) is 0 Å². The van der Waals surface area contributed by atoms with E-state index in [2.05, 4.69) is 0 Å². The lowest BCUT2D eigenvalue weighted by atomic mass is 9.97. The van der Waals surface area contributed by atoms with Gasteiger partial charge in [0.1, 0.15) is 5.75 Å². The molecule has 0 aromatic heterocycles. The standard InChI is InChI=1S/C15H12Cl2O3/c1-8(15(19)20)9-2-4-11(13(17)6-9)12-5-3-10(16)7-14(12)18/h2-8,18H,1H3,(H,19,20). The van der Waals surface area contributed by atoms with Gasteiger partial charge in [-0.15, -0.1) is 0 Å². The number of rotatable bonds is 3. The Balaban J connectivity index is 2.47. The smallest absolute Gasteiger partial charge is 0.310 e. The lowest BCUT2D eigenvalue weighted by Gasteiger charge is -2.11. The van der Waals surface area contributed by atoms with E-state index >= 15 is 0 Å². The first-order valence-corrected chi connectivity index (χ1v) is 6.67.